The van der Waals surface area contributed by atoms with Crippen LogP contribution in [-0.4, -0.2) is 30.0 Å². The number of aromatic nitrogens is 2. The molecule has 27 heavy (non-hydrogen) atoms. The molecule has 1 N–H and O–H groups in total. The Morgan fingerprint density at radius 2 is 1.78 bits per heavy atom. The van der Waals surface area contributed by atoms with Crippen LogP contribution in [0.2, 0.25) is 9.36 Å². The number of hydrogen-bond donors (Lipinski definition) is 1. The average molecular weight is 511 g/mol. The van der Waals surface area contributed by atoms with Crippen molar-refractivity contribution in [2.24, 2.45) is 0 Å². The van der Waals surface area contributed by atoms with Crippen molar-refractivity contribution in [3.05, 3.63) is 47.9 Å². The Kier molecular flexibility index (Phi) is 5.19. The van der Waals surface area contributed by atoms with E-state index < -0.39 is 15.7 Å². The normalized spacial score (nSPS) is 16.3. The summed E-state index contributed by atoms with van der Waals surface area (Å²) in [5.74, 6) is 0. The lowest BCUT2D eigenvalue weighted by atomic mass is 10.1. The predicted octanol–water partition coefficient (Wildman–Crippen LogP) is 4.10. The second-order valence-electron chi connectivity index (χ2n) is 6.18. The first kappa shape index (κ1) is 19.5. The highest BCUT2D eigenvalue weighted by Gasteiger charge is 2.33. The summed E-state index contributed by atoms with van der Waals surface area (Å²) in [6, 6.07) is 6.83. The maximum absolute atomic E-state index is 13.4. The van der Waals surface area contributed by atoms with Crippen LogP contribution < -0.4 is 11.0 Å². The van der Waals surface area contributed by atoms with Crippen molar-refractivity contribution in [3.8, 4) is 0 Å². The third-order valence-corrected chi connectivity index (χ3v) is 9.56. The van der Waals surface area contributed by atoms with Gasteiger partial charge in [0.25, 0.3) is 10.0 Å². The molecule has 1 aliphatic rings. The van der Waals surface area contributed by atoms with Gasteiger partial charge in [-0.25, -0.2) is 13.2 Å². The molecule has 0 saturated carbocycles. The molecule has 144 valence electrons. The molecule has 2 aromatic heterocycles. The van der Waals surface area contributed by atoms with E-state index in [-0.39, 0.29) is 24.1 Å². The lowest BCUT2D eigenvalue weighted by Crippen LogP contribution is -2.36. The Balaban J connectivity index is 2.03. The third kappa shape index (κ3) is 3.08. The van der Waals surface area contributed by atoms with Crippen LogP contribution in [0.4, 0.5) is 0 Å². The maximum Gasteiger partial charge on any atom is 0.343 e. The lowest BCUT2D eigenvalue weighted by molar-refractivity contribution is 0.367. The summed E-state index contributed by atoms with van der Waals surface area (Å²) in [7, 11) is -4.24. The number of benzene rings is 1. The number of hydrogen-bond acceptors (Lipinski definition) is 5. The summed E-state index contributed by atoms with van der Waals surface area (Å²) >= 11 is 16.4. The fraction of sp³-hybridized carbons (Fsp3) is 0.312. The molecule has 0 spiro atoms. The summed E-state index contributed by atoms with van der Waals surface area (Å²) in [5.41, 5.74) is 0.325. The highest BCUT2D eigenvalue weighted by Crippen LogP contribution is 2.44. The predicted molar refractivity (Wildman–Crippen MR) is 112 cm³/mol. The van der Waals surface area contributed by atoms with E-state index in [1.807, 2.05) is 0 Å². The number of halogens is 3. The number of nitrogens with one attached hydrogen (secondary N) is 1. The van der Waals surface area contributed by atoms with E-state index in [1.165, 1.54) is 0 Å². The molecule has 6 nitrogen and oxygen atoms in total. The van der Waals surface area contributed by atoms with Gasteiger partial charge >= 0.3 is 5.69 Å². The minimum Gasteiger partial charge on any atom is -0.317 e. The van der Waals surface area contributed by atoms with Crippen LogP contribution in [0.5, 0.6) is 0 Å². The fourth-order valence-corrected chi connectivity index (χ4v) is 8.55. The molecule has 0 amide bonds. The summed E-state index contributed by atoms with van der Waals surface area (Å²) in [5, 5.41) is 3.17. The summed E-state index contributed by atoms with van der Waals surface area (Å²) in [4.78, 5) is 13.1. The van der Waals surface area contributed by atoms with Crippen molar-refractivity contribution < 1.29 is 8.42 Å². The van der Waals surface area contributed by atoms with Gasteiger partial charge in [0.15, 0.2) is 0 Å². The van der Waals surface area contributed by atoms with Crippen molar-refractivity contribution in [3.63, 3.8) is 0 Å². The molecule has 1 aliphatic heterocycles. The Morgan fingerprint density at radius 3 is 2.37 bits per heavy atom. The van der Waals surface area contributed by atoms with Crippen molar-refractivity contribution in [1.82, 2.24) is 13.9 Å². The van der Waals surface area contributed by atoms with Gasteiger partial charge in [0.2, 0.25) is 0 Å². The minimum absolute atomic E-state index is 0.0647. The topological polar surface area (TPSA) is 73.1 Å². The van der Waals surface area contributed by atoms with Crippen LogP contribution in [0.25, 0.3) is 11.0 Å². The molecule has 3 heterocycles. The van der Waals surface area contributed by atoms with Crippen molar-refractivity contribution in [1.29, 1.82) is 0 Å². The van der Waals surface area contributed by atoms with E-state index in [1.54, 1.807) is 28.8 Å². The number of para-hydroxylation sites is 2. The molecular formula is C16H14BrCl2N3O3S2. The first-order chi connectivity index (χ1) is 12.8. The smallest absolute Gasteiger partial charge is 0.317 e. The van der Waals surface area contributed by atoms with Crippen molar-refractivity contribution >= 4 is 71.5 Å². The number of nitrogens with zero attached hydrogens (tertiary/aromatic N) is 2. The molecule has 0 atom stereocenters. The van der Waals surface area contributed by atoms with Crippen LogP contribution >= 0.6 is 50.5 Å². The molecule has 1 fully saturated rings. The van der Waals surface area contributed by atoms with Crippen LogP contribution in [0.15, 0.2) is 37.7 Å². The molecule has 0 bridgehead atoms. The third-order valence-electron chi connectivity index (χ3n) is 4.64. The Hall–Kier alpha value is -0.840. The standard InChI is InChI=1S/C16H14BrCl2N3O3S2/c17-14-13(12(18)15(19)26-14)27(24,25)22-11-4-2-1-3-10(11)21(16(22)23)9-5-7-20-8-6-9/h1-4,9,20H,5-8H2. The highest BCUT2D eigenvalue weighted by molar-refractivity contribution is 9.11. The van der Waals surface area contributed by atoms with Gasteiger partial charge in [0.05, 0.1) is 19.8 Å². The van der Waals surface area contributed by atoms with Crippen LogP contribution in [0.1, 0.15) is 18.9 Å². The SMILES string of the molecule is O=c1n(C2CCNCC2)c2ccccc2n1S(=O)(=O)c1c(Br)sc(Cl)c1Cl. The number of piperidine rings is 1. The molecule has 3 aromatic rings. The molecule has 1 aromatic carbocycles. The van der Waals surface area contributed by atoms with E-state index in [9.17, 15) is 13.2 Å². The first-order valence-electron chi connectivity index (χ1n) is 8.15. The second-order valence-corrected chi connectivity index (χ2v) is 11.2. The number of imidazole rings is 1. The van der Waals surface area contributed by atoms with Gasteiger partial charge in [-0.1, -0.05) is 35.3 Å². The van der Waals surface area contributed by atoms with Crippen LogP contribution in [0.3, 0.4) is 0 Å². The summed E-state index contributed by atoms with van der Waals surface area (Å²) in [6.07, 6.45) is 1.51. The number of fused-ring (bicyclic) bond motifs is 1. The zero-order valence-electron chi connectivity index (χ0n) is 13.8. The maximum atomic E-state index is 13.4. The van der Waals surface area contributed by atoms with Crippen LogP contribution in [0, 0.1) is 0 Å². The van der Waals surface area contributed by atoms with Crippen LogP contribution in [-0.2, 0) is 10.0 Å². The second kappa shape index (κ2) is 7.20. The van der Waals surface area contributed by atoms with Gasteiger partial charge in [0, 0.05) is 6.04 Å². The highest BCUT2D eigenvalue weighted by atomic mass is 79.9. The average Bonchev–Trinajstić information content (AvgIpc) is 3.08. The fourth-order valence-electron chi connectivity index (χ4n) is 3.44. The molecule has 0 aliphatic carbocycles. The van der Waals surface area contributed by atoms with Crippen molar-refractivity contribution in [2.75, 3.05) is 13.1 Å². The molecule has 4 rings (SSSR count). The van der Waals surface area contributed by atoms with Gasteiger partial charge in [0.1, 0.15) is 9.23 Å². The lowest BCUT2D eigenvalue weighted by Gasteiger charge is -2.23. The molecule has 0 radical (unpaired) electrons. The van der Waals surface area contributed by atoms with Gasteiger partial charge < -0.3 is 5.32 Å². The van der Waals surface area contributed by atoms with Gasteiger partial charge in [-0.05, 0) is 54.0 Å². The zero-order valence-corrected chi connectivity index (χ0v) is 18.5. The van der Waals surface area contributed by atoms with Gasteiger partial charge in [-0.3, -0.25) is 4.57 Å². The molecule has 11 heteroatoms. The first-order valence-corrected chi connectivity index (χ1v) is 12.0. The van der Waals surface area contributed by atoms with Gasteiger partial charge in [-0.2, -0.15) is 3.97 Å². The number of thiophene rings is 1. The summed E-state index contributed by atoms with van der Waals surface area (Å²) < 4.78 is 29.6. The largest absolute Gasteiger partial charge is 0.343 e. The zero-order chi connectivity index (χ0) is 19.3. The molecular weight excluding hydrogens is 497 g/mol. The summed E-state index contributed by atoms with van der Waals surface area (Å²) in [6.45, 7) is 1.56. The number of rotatable bonds is 3. The van der Waals surface area contributed by atoms with E-state index in [0.29, 0.717) is 11.0 Å². The minimum atomic E-state index is -4.24. The Morgan fingerprint density at radius 1 is 1.15 bits per heavy atom. The van der Waals surface area contributed by atoms with E-state index >= 15 is 0 Å². The Bertz CT molecular complexity index is 1190. The molecule has 0 unspecified atom stereocenters. The van der Waals surface area contributed by atoms with E-state index in [4.69, 9.17) is 23.2 Å². The van der Waals surface area contributed by atoms with Crippen molar-refractivity contribution in [2.45, 2.75) is 23.8 Å². The van der Waals surface area contributed by atoms with Gasteiger partial charge in [-0.15, -0.1) is 11.3 Å². The monoisotopic (exact) mass is 509 g/mol. The Labute approximate surface area is 177 Å². The molecule has 1 saturated heterocycles. The van der Waals surface area contributed by atoms with E-state index in [0.717, 1.165) is 41.2 Å². The van der Waals surface area contributed by atoms with E-state index in [2.05, 4.69) is 21.2 Å². The quantitative estimate of drug-likeness (QED) is 0.575.